The molecule has 2 aliphatic rings. The van der Waals surface area contributed by atoms with Crippen molar-refractivity contribution in [2.24, 2.45) is 5.41 Å². The highest BCUT2D eigenvalue weighted by atomic mass is 16.6. The lowest BCUT2D eigenvalue weighted by Gasteiger charge is -2.43. The van der Waals surface area contributed by atoms with Gasteiger partial charge in [-0.05, 0) is 76.3 Å². The number of amides is 3. The van der Waals surface area contributed by atoms with Gasteiger partial charge >= 0.3 is 6.09 Å². The number of aromatic nitrogens is 1. The van der Waals surface area contributed by atoms with Gasteiger partial charge < -0.3 is 24.3 Å². The molecule has 40 heavy (non-hydrogen) atoms. The Morgan fingerprint density at radius 2 is 1.95 bits per heavy atom. The van der Waals surface area contributed by atoms with E-state index in [1.54, 1.807) is 29.1 Å². The molecule has 0 saturated carbocycles. The minimum absolute atomic E-state index is 0.0580. The first-order chi connectivity index (χ1) is 18.9. The predicted octanol–water partition coefficient (Wildman–Crippen LogP) is 5.32. The smallest absolute Gasteiger partial charge is 0.410 e. The highest BCUT2D eigenvalue weighted by Crippen LogP contribution is 2.41. The monoisotopic (exact) mass is 544 g/mol. The third kappa shape index (κ3) is 5.59. The van der Waals surface area contributed by atoms with Gasteiger partial charge in [0.2, 0.25) is 11.8 Å². The van der Waals surface area contributed by atoms with Gasteiger partial charge in [0, 0.05) is 43.4 Å². The van der Waals surface area contributed by atoms with Crippen LogP contribution in [0.4, 0.5) is 10.6 Å². The lowest BCUT2D eigenvalue weighted by molar-refractivity contribution is -0.129. The Kier molecular flexibility index (Phi) is 7.16. The van der Waals surface area contributed by atoms with Crippen LogP contribution in [0.1, 0.15) is 56.1 Å². The SMILES string of the molecule is Cc1c(CN(C)C(=O)/C=C/c2cnc3c(c2)CC2(CCN(C(=O)OC(C)(C)C)CC2)C(=O)N3)oc2ccccc12. The number of rotatable bonds is 4. The van der Waals surface area contributed by atoms with Gasteiger partial charge in [0.25, 0.3) is 0 Å². The van der Waals surface area contributed by atoms with Crippen molar-refractivity contribution in [1.29, 1.82) is 0 Å². The number of furan rings is 1. The molecule has 1 fully saturated rings. The van der Waals surface area contributed by atoms with Crippen molar-refractivity contribution in [3.05, 3.63) is 65.1 Å². The number of hydrogen-bond donors (Lipinski definition) is 1. The minimum Gasteiger partial charge on any atom is -0.459 e. The number of carbonyl (C=O) groups excluding carboxylic acids is 3. The Morgan fingerprint density at radius 1 is 1.23 bits per heavy atom. The topological polar surface area (TPSA) is 105 Å². The molecule has 1 spiro atoms. The molecule has 9 nitrogen and oxygen atoms in total. The number of ether oxygens (including phenoxy) is 1. The van der Waals surface area contributed by atoms with Gasteiger partial charge in [0.1, 0.15) is 22.8 Å². The average molecular weight is 545 g/mol. The van der Waals surface area contributed by atoms with Gasteiger partial charge in [-0.3, -0.25) is 9.59 Å². The Labute approximate surface area is 234 Å². The van der Waals surface area contributed by atoms with Crippen molar-refractivity contribution in [1.82, 2.24) is 14.8 Å². The van der Waals surface area contributed by atoms with Crippen molar-refractivity contribution < 1.29 is 23.5 Å². The van der Waals surface area contributed by atoms with Crippen LogP contribution in [-0.2, 0) is 27.3 Å². The Bertz CT molecular complexity index is 1490. The third-order valence-corrected chi connectivity index (χ3v) is 7.72. The normalized spacial score (nSPS) is 16.7. The number of carbonyl (C=O) groups is 3. The molecule has 2 aromatic heterocycles. The lowest BCUT2D eigenvalue weighted by Crippen LogP contribution is -2.51. The fourth-order valence-electron chi connectivity index (χ4n) is 5.36. The summed E-state index contributed by atoms with van der Waals surface area (Å²) in [7, 11) is 1.74. The molecule has 0 aliphatic carbocycles. The van der Waals surface area contributed by atoms with Gasteiger partial charge in [0.05, 0.1) is 12.0 Å². The highest BCUT2D eigenvalue weighted by Gasteiger charge is 2.46. The van der Waals surface area contributed by atoms with E-state index in [2.05, 4.69) is 10.3 Å². The highest BCUT2D eigenvalue weighted by molar-refractivity contribution is 5.98. The number of piperidine rings is 1. The van der Waals surface area contributed by atoms with Crippen molar-refractivity contribution in [2.75, 3.05) is 25.5 Å². The van der Waals surface area contributed by atoms with Crippen molar-refractivity contribution in [3.63, 3.8) is 0 Å². The van der Waals surface area contributed by atoms with E-state index in [4.69, 9.17) is 9.15 Å². The van der Waals surface area contributed by atoms with Gasteiger partial charge in [-0.25, -0.2) is 9.78 Å². The zero-order chi connectivity index (χ0) is 28.7. The summed E-state index contributed by atoms with van der Waals surface area (Å²) in [4.78, 5) is 46.2. The number of nitrogens with zero attached hydrogens (tertiary/aromatic N) is 3. The summed E-state index contributed by atoms with van der Waals surface area (Å²) in [6, 6.07) is 9.81. The molecule has 1 saturated heterocycles. The number of fused-ring (bicyclic) bond motifs is 2. The second-order valence-corrected chi connectivity index (χ2v) is 11.8. The molecule has 0 unspecified atom stereocenters. The molecular formula is C31H36N4O5. The molecule has 3 aromatic rings. The largest absolute Gasteiger partial charge is 0.459 e. The number of hydrogen-bond acceptors (Lipinski definition) is 6. The number of aryl methyl sites for hydroxylation is 1. The van der Waals surface area contributed by atoms with Crippen LogP contribution in [0.3, 0.4) is 0 Å². The van der Waals surface area contributed by atoms with Gasteiger partial charge in [-0.2, -0.15) is 0 Å². The molecule has 2 aliphatic heterocycles. The summed E-state index contributed by atoms with van der Waals surface area (Å²) in [5.74, 6) is 1.10. The van der Waals surface area contributed by atoms with Crippen LogP contribution >= 0.6 is 0 Å². The lowest BCUT2D eigenvalue weighted by atomic mass is 9.71. The van der Waals surface area contributed by atoms with E-state index in [9.17, 15) is 14.4 Å². The second-order valence-electron chi connectivity index (χ2n) is 11.8. The van der Waals surface area contributed by atoms with E-state index in [1.165, 1.54) is 6.08 Å². The van der Waals surface area contributed by atoms with Crippen molar-refractivity contribution in [3.8, 4) is 0 Å². The molecule has 3 amide bonds. The third-order valence-electron chi connectivity index (χ3n) is 7.72. The summed E-state index contributed by atoms with van der Waals surface area (Å²) in [5, 5.41) is 4.01. The number of pyridine rings is 1. The van der Waals surface area contributed by atoms with Crippen LogP contribution in [0.25, 0.3) is 17.0 Å². The zero-order valence-electron chi connectivity index (χ0n) is 23.7. The molecule has 1 N–H and O–H groups in total. The van der Waals surface area contributed by atoms with E-state index >= 15 is 0 Å². The first-order valence-electron chi connectivity index (χ1n) is 13.6. The summed E-state index contributed by atoms with van der Waals surface area (Å²) < 4.78 is 11.5. The van der Waals surface area contributed by atoms with Crippen molar-refractivity contribution in [2.45, 2.75) is 59.1 Å². The van der Waals surface area contributed by atoms with E-state index in [1.807, 2.05) is 58.0 Å². The molecule has 4 heterocycles. The fraction of sp³-hybridized carbons (Fsp3) is 0.419. The summed E-state index contributed by atoms with van der Waals surface area (Å²) in [5.41, 5.74) is 2.38. The average Bonchev–Trinajstić information content (AvgIpc) is 3.22. The quantitative estimate of drug-likeness (QED) is 0.446. The maximum atomic E-state index is 13.1. The fourth-order valence-corrected chi connectivity index (χ4v) is 5.36. The second kappa shape index (κ2) is 10.4. The minimum atomic E-state index is -0.601. The predicted molar refractivity (Wildman–Crippen MR) is 153 cm³/mol. The maximum Gasteiger partial charge on any atom is 0.410 e. The molecule has 1 aromatic carbocycles. The standard InChI is InChI=1S/C31H36N4O5/c1-20-23-8-6-7-9-24(23)39-25(20)19-34(5)26(36)11-10-21-16-22-17-31(28(37)33-27(22)32-18-21)12-14-35(15-13-31)29(38)40-30(2,3)4/h6-11,16,18H,12-15,17,19H2,1-5H3,(H,32,33,37)/b11-10+. The van der Waals surface area contributed by atoms with Crippen LogP contribution in [0.2, 0.25) is 0 Å². The van der Waals surface area contributed by atoms with Crippen LogP contribution in [0, 0.1) is 12.3 Å². The summed E-state index contributed by atoms with van der Waals surface area (Å²) in [6.07, 6.45) is 6.19. The zero-order valence-corrected chi connectivity index (χ0v) is 23.7. The van der Waals surface area contributed by atoms with E-state index in [-0.39, 0.29) is 17.9 Å². The Hall–Kier alpha value is -4.14. The molecule has 0 radical (unpaired) electrons. The van der Waals surface area contributed by atoms with Crippen LogP contribution in [0.15, 0.2) is 47.0 Å². The number of para-hydroxylation sites is 1. The number of benzene rings is 1. The van der Waals surface area contributed by atoms with Crippen LogP contribution in [0.5, 0.6) is 0 Å². The first-order valence-corrected chi connectivity index (χ1v) is 13.6. The van der Waals surface area contributed by atoms with E-state index in [0.717, 1.165) is 33.4 Å². The summed E-state index contributed by atoms with van der Waals surface area (Å²) >= 11 is 0. The molecule has 0 atom stereocenters. The van der Waals surface area contributed by atoms with E-state index < -0.39 is 11.0 Å². The van der Waals surface area contributed by atoms with E-state index in [0.29, 0.717) is 44.7 Å². The van der Waals surface area contributed by atoms with Gasteiger partial charge in [-0.15, -0.1) is 0 Å². The number of likely N-dealkylation sites (tertiary alicyclic amines) is 1. The summed E-state index contributed by atoms with van der Waals surface area (Å²) in [6.45, 7) is 8.80. The van der Waals surface area contributed by atoms with Crippen LogP contribution < -0.4 is 5.32 Å². The number of nitrogens with one attached hydrogen (secondary N) is 1. The number of anilines is 1. The molecule has 9 heteroatoms. The Balaban J connectivity index is 1.24. The number of likely N-dealkylation sites (N-methyl/N-ethyl adjacent to an activating group) is 1. The molecule has 210 valence electrons. The van der Waals surface area contributed by atoms with Crippen molar-refractivity contribution >= 4 is 40.8 Å². The first kappa shape index (κ1) is 27.4. The Morgan fingerprint density at radius 3 is 2.65 bits per heavy atom. The van der Waals surface area contributed by atoms with Crippen LogP contribution in [-0.4, -0.2) is 58.4 Å². The molecular weight excluding hydrogens is 508 g/mol. The van der Waals surface area contributed by atoms with Gasteiger partial charge in [0.15, 0.2) is 0 Å². The molecule has 5 rings (SSSR count). The maximum absolute atomic E-state index is 13.1. The van der Waals surface area contributed by atoms with Gasteiger partial charge in [-0.1, -0.05) is 18.2 Å². The molecule has 0 bridgehead atoms.